The van der Waals surface area contributed by atoms with Gasteiger partial charge in [-0.05, 0) is 25.1 Å². The Kier molecular flexibility index (Phi) is 6.42. The van der Waals surface area contributed by atoms with Crippen molar-refractivity contribution in [2.24, 2.45) is 0 Å². The molecule has 0 heterocycles. The fourth-order valence-electron chi connectivity index (χ4n) is 1.67. The maximum Gasteiger partial charge on any atom is 0.244 e. The lowest BCUT2D eigenvalue weighted by Crippen LogP contribution is -2.45. The summed E-state index contributed by atoms with van der Waals surface area (Å²) in [6.45, 7) is 2.04. The fourth-order valence-corrected chi connectivity index (χ4v) is 3.26. The van der Waals surface area contributed by atoms with E-state index < -0.39 is 15.6 Å². The van der Waals surface area contributed by atoms with Gasteiger partial charge in [0.2, 0.25) is 10.0 Å². The third-order valence-electron chi connectivity index (χ3n) is 2.99. The van der Waals surface area contributed by atoms with Crippen LogP contribution in [0.1, 0.15) is 6.92 Å². The molecule has 1 atom stereocenters. The smallest absolute Gasteiger partial charge is 0.244 e. The van der Waals surface area contributed by atoms with Gasteiger partial charge in [0.15, 0.2) is 0 Å². The summed E-state index contributed by atoms with van der Waals surface area (Å²) in [6, 6.07) is 4.40. The Labute approximate surface area is 130 Å². The van der Waals surface area contributed by atoms with Crippen LogP contribution in [0, 0.1) is 0 Å². The van der Waals surface area contributed by atoms with Gasteiger partial charge in [0.05, 0.1) is 13.7 Å². The molecule has 0 saturated carbocycles. The summed E-state index contributed by atoms with van der Waals surface area (Å²) >= 11 is 5.85. The first-order valence-corrected chi connectivity index (χ1v) is 8.01. The first-order chi connectivity index (χ1) is 9.78. The van der Waals surface area contributed by atoms with Crippen molar-refractivity contribution in [3.05, 3.63) is 23.2 Å². The first-order valence-electron chi connectivity index (χ1n) is 6.15. The van der Waals surface area contributed by atoms with Crippen LogP contribution >= 0.6 is 11.6 Å². The molecule has 6 nitrogen and oxygen atoms in total. The molecule has 8 heteroatoms. The highest BCUT2D eigenvalue weighted by Gasteiger charge is 2.28. The second kappa shape index (κ2) is 7.42. The number of hydrogen-bond acceptors (Lipinski definition) is 5. The van der Waals surface area contributed by atoms with Crippen LogP contribution in [0.15, 0.2) is 23.1 Å². The van der Waals surface area contributed by atoms with Crippen LogP contribution < -0.4 is 9.46 Å². The molecule has 0 aliphatic carbocycles. The van der Waals surface area contributed by atoms with E-state index in [4.69, 9.17) is 25.8 Å². The fraction of sp³-hybridized carbons (Fsp3) is 0.538. The Morgan fingerprint density at radius 3 is 2.48 bits per heavy atom. The third-order valence-corrected chi connectivity index (χ3v) is 4.65. The zero-order valence-electron chi connectivity index (χ0n) is 12.5. The highest BCUT2D eigenvalue weighted by molar-refractivity contribution is 7.89. The van der Waals surface area contributed by atoms with E-state index in [9.17, 15) is 8.42 Å². The van der Waals surface area contributed by atoms with Gasteiger partial charge in [0, 0.05) is 25.8 Å². The van der Waals surface area contributed by atoms with Gasteiger partial charge in [-0.2, -0.15) is 0 Å². The minimum Gasteiger partial charge on any atom is -0.495 e. The van der Waals surface area contributed by atoms with Crippen LogP contribution in [-0.2, 0) is 19.5 Å². The molecule has 1 N–H and O–H groups in total. The molecule has 0 aromatic heterocycles. The van der Waals surface area contributed by atoms with Crippen LogP contribution in [0.3, 0.4) is 0 Å². The van der Waals surface area contributed by atoms with Gasteiger partial charge in [-0.3, -0.25) is 0 Å². The van der Waals surface area contributed by atoms with E-state index in [0.29, 0.717) is 5.02 Å². The minimum absolute atomic E-state index is 0.0200. The van der Waals surface area contributed by atoms with Crippen LogP contribution in [0.2, 0.25) is 5.02 Å². The van der Waals surface area contributed by atoms with Crippen LogP contribution in [0.5, 0.6) is 5.75 Å². The van der Waals surface area contributed by atoms with Gasteiger partial charge in [0.1, 0.15) is 16.2 Å². The molecule has 120 valence electrons. The molecular weight excluding hydrogens is 318 g/mol. The molecule has 1 aromatic carbocycles. The minimum atomic E-state index is -3.78. The average Bonchev–Trinajstić information content (AvgIpc) is 2.45. The van der Waals surface area contributed by atoms with Gasteiger partial charge in [0.25, 0.3) is 0 Å². The Hall–Kier alpha value is -0.860. The van der Waals surface area contributed by atoms with Gasteiger partial charge >= 0.3 is 0 Å². The first kappa shape index (κ1) is 18.2. The summed E-state index contributed by atoms with van der Waals surface area (Å²) in [4.78, 5) is -0.0200. The molecule has 0 bridgehead atoms. The predicted octanol–water partition coefficient (Wildman–Crippen LogP) is 1.68. The number of rotatable bonds is 8. The van der Waals surface area contributed by atoms with E-state index in [-0.39, 0.29) is 23.8 Å². The maximum atomic E-state index is 12.4. The van der Waals surface area contributed by atoms with Crippen molar-refractivity contribution in [2.45, 2.75) is 17.4 Å². The normalized spacial score (nSPS) is 14.7. The van der Waals surface area contributed by atoms with Crippen LogP contribution in [-0.4, -0.2) is 48.5 Å². The second-order valence-corrected chi connectivity index (χ2v) is 6.88. The van der Waals surface area contributed by atoms with E-state index in [0.717, 1.165) is 0 Å². The van der Waals surface area contributed by atoms with Gasteiger partial charge < -0.3 is 14.2 Å². The molecule has 0 spiro atoms. The second-order valence-electron chi connectivity index (χ2n) is 4.71. The van der Waals surface area contributed by atoms with Crippen molar-refractivity contribution >= 4 is 21.6 Å². The van der Waals surface area contributed by atoms with Crippen molar-refractivity contribution in [2.75, 3.05) is 34.5 Å². The number of sulfonamides is 1. The predicted molar refractivity (Wildman–Crippen MR) is 80.5 cm³/mol. The quantitative estimate of drug-likeness (QED) is 0.781. The Balaban J connectivity index is 2.99. The molecule has 1 aromatic rings. The molecule has 1 rings (SSSR count). The Morgan fingerprint density at radius 2 is 1.95 bits per heavy atom. The molecule has 0 fully saturated rings. The molecule has 0 amide bonds. The van der Waals surface area contributed by atoms with Crippen molar-refractivity contribution in [1.29, 1.82) is 0 Å². The molecular formula is C13H20ClNO5S. The van der Waals surface area contributed by atoms with E-state index >= 15 is 0 Å². The lowest BCUT2D eigenvalue weighted by atomic mass is 10.1. The van der Waals surface area contributed by atoms with E-state index in [1.807, 2.05) is 0 Å². The third kappa shape index (κ3) is 4.82. The maximum absolute atomic E-state index is 12.4. The zero-order chi connectivity index (χ0) is 16.1. The largest absolute Gasteiger partial charge is 0.495 e. The summed E-state index contributed by atoms with van der Waals surface area (Å²) < 4.78 is 42.6. The van der Waals surface area contributed by atoms with Gasteiger partial charge in [-0.15, -0.1) is 0 Å². The summed E-state index contributed by atoms with van der Waals surface area (Å²) in [5.74, 6) is 0.220. The Bertz CT molecular complexity index is 578. The summed E-state index contributed by atoms with van der Waals surface area (Å²) in [5, 5.41) is 0.308. The van der Waals surface area contributed by atoms with Crippen molar-refractivity contribution < 1.29 is 22.6 Å². The van der Waals surface area contributed by atoms with Gasteiger partial charge in [-0.25, -0.2) is 13.1 Å². The highest BCUT2D eigenvalue weighted by atomic mass is 35.5. The topological polar surface area (TPSA) is 73.9 Å². The number of methoxy groups -OCH3 is 3. The van der Waals surface area contributed by atoms with Crippen LogP contribution in [0.4, 0.5) is 0 Å². The summed E-state index contributed by atoms with van der Waals surface area (Å²) in [6.07, 6.45) is 0. The molecule has 0 aliphatic rings. The zero-order valence-corrected chi connectivity index (χ0v) is 14.0. The SMILES string of the molecule is COC[C@@](C)(CNS(=O)(=O)c1cc(Cl)ccc1OC)OC. The summed E-state index contributed by atoms with van der Waals surface area (Å²) in [5.41, 5.74) is -0.770. The van der Waals surface area contributed by atoms with E-state index in [2.05, 4.69) is 4.72 Å². The molecule has 0 saturated heterocycles. The lowest BCUT2D eigenvalue weighted by Gasteiger charge is -2.27. The molecule has 0 unspecified atom stereocenters. The van der Waals surface area contributed by atoms with E-state index in [1.165, 1.54) is 33.5 Å². The number of nitrogens with one attached hydrogen (secondary N) is 1. The highest BCUT2D eigenvalue weighted by Crippen LogP contribution is 2.27. The number of hydrogen-bond donors (Lipinski definition) is 1. The monoisotopic (exact) mass is 337 g/mol. The number of ether oxygens (including phenoxy) is 3. The van der Waals surface area contributed by atoms with Gasteiger partial charge in [-0.1, -0.05) is 11.6 Å². The van der Waals surface area contributed by atoms with Crippen LogP contribution in [0.25, 0.3) is 0 Å². The van der Waals surface area contributed by atoms with E-state index in [1.54, 1.807) is 13.0 Å². The average molecular weight is 338 g/mol. The van der Waals surface area contributed by atoms with Crippen molar-refractivity contribution in [3.8, 4) is 5.75 Å². The molecule has 0 radical (unpaired) electrons. The number of halogens is 1. The Morgan fingerprint density at radius 1 is 1.29 bits per heavy atom. The standard InChI is InChI=1S/C13H20ClNO5S/c1-13(20-4,9-18-2)8-15-21(16,17)12-7-10(14)5-6-11(12)19-3/h5-7,15H,8-9H2,1-4H3/t13-/m1/s1. The lowest BCUT2D eigenvalue weighted by molar-refractivity contribution is -0.0460. The number of benzene rings is 1. The van der Waals surface area contributed by atoms with Crippen molar-refractivity contribution in [3.63, 3.8) is 0 Å². The van der Waals surface area contributed by atoms with Crippen molar-refractivity contribution in [1.82, 2.24) is 4.72 Å². The molecule has 0 aliphatic heterocycles. The summed E-state index contributed by atoms with van der Waals surface area (Å²) in [7, 11) is 0.626. The molecule has 21 heavy (non-hydrogen) atoms.